The van der Waals surface area contributed by atoms with Crippen molar-refractivity contribution in [1.82, 2.24) is 19.4 Å². The number of pyridine rings is 1. The third-order valence-corrected chi connectivity index (χ3v) is 6.12. The third kappa shape index (κ3) is 3.06. The highest BCUT2D eigenvalue weighted by Gasteiger charge is 2.21. The summed E-state index contributed by atoms with van der Waals surface area (Å²) < 4.78 is 16.5. The molecule has 1 aliphatic rings. The van der Waals surface area contributed by atoms with Crippen LogP contribution in [-0.4, -0.2) is 32.5 Å². The summed E-state index contributed by atoms with van der Waals surface area (Å²) in [5.41, 5.74) is 9.17. The summed E-state index contributed by atoms with van der Waals surface area (Å²) in [4.78, 5) is 22.4. The van der Waals surface area contributed by atoms with E-state index in [4.69, 9.17) is 5.73 Å². The number of H-pyrrole nitrogens is 1. The molecule has 1 aliphatic heterocycles. The molecule has 0 radical (unpaired) electrons. The maximum atomic E-state index is 14.9. The van der Waals surface area contributed by atoms with Crippen LogP contribution in [0.5, 0.6) is 0 Å². The highest BCUT2D eigenvalue weighted by molar-refractivity contribution is 6.06. The van der Waals surface area contributed by atoms with Gasteiger partial charge in [0.05, 0.1) is 17.1 Å². The lowest BCUT2D eigenvalue weighted by Crippen LogP contribution is -2.22. The van der Waals surface area contributed by atoms with Crippen LogP contribution in [0.1, 0.15) is 36.9 Å². The Morgan fingerprint density at radius 1 is 1.20 bits per heavy atom. The van der Waals surface area contributed by atoms with E-state index in [1.54, 1.807) is 10.6 Å². The molecule has 2 aromatic heterocycles. The van der Waals surface area contributed by atoms with Gasteiger partial charge in [0, 0.05) is 17.5 Å². The fourth-order valence-electron chi connectivity index (χ4n) is 4.51. The van der Waals surface area contributed by atoms with E-state index >= 15 is 0 Å². The van der Waals surface area contributed by atoms with E-state index in [0.29, 0.717) is 23.1 Å². The lowest BCUT2D eigenvalue weighted by atomic mass is 10.0. The number of benzene rings is 2. The second-order valence-electron chi connectivity index (χ2n) is 8.05. The molecule has 0 amide bonds. The molecule has 4 aromatic rings. The number of fused-ring (bicyclic) bond motifs is 3. The van der Waals surface area contributed by atoms with Gasteiger partial charge in [-0.05, 0) is 50.6 Å². The number of nitrogens with zero attached hydrogens (tertiary/aromatic N) is 3. The number of nitrogens with two attached hydrogens (primary N) is 1. The summed E-state index contributed by atoms with van der Waals surface area (Å²) in [5.74, 6) is 0.0454. The zero-order chi connectivity index (χ0) is 20.8. The molecule has 5 rings (SSSR count). The predicted molar refractivity (Wildman–Crippen MR) is 117 cm³/mol. The number of rotatable bonds is 4. The van der Waals surface area contributed by atoms with E-state index in [1.165, 1.54) is 12.8 Å². The van der Waals surface area contributed by atoms with Crippen molar-refractivity contribution in [3.05, 3.63) is 69.9 Å². The maximum Gasteiger partial charge on any atom is 0.327 e. The average Bonchev–Trinajstić information content (AvgIpc) is 3.37. The van der Waals surface area contributed by atoms with Gasteiger partial charge in [-0.3, -0.25) is 9.47 Å². The Morgan fingerprint density at radius 2 is 1.97 bits per heavy atom. The third-order valence-electron chi connectivity index (χ3n) is 6.12. The summed E-state index contributed by atoms with van der Waals surface area (Å²) in [6.07, 6.45) is 2.35. The molecule has 0 bridgehead atoms. The molecule has 3 N–H and O–H groups in total. The second kappa shape index (κ2) is 7.25. The molecule has 1 saturated heterocycles. The van der Waals surface area contributed by atoms with Crippen LogP contribution in [0, 0.1) is 5.82 Å². The molecule has 0 aliphatic carbocycles. The van der Waals surface area contributed by atoms with Crippen molar-refractivity contribution in [3.63, 3.8) is 0 Å². The van der Waals surface area contributed by atoms with Crippen LogP contribution in [0.15, 0.2) is 47.3 Å². The van der Waals surface area contributed by atoms with Crippen LogP contribution in [0.3, 0.4) is 0 Å². The van der Waals surface area contributed by atoms with Crippen LogP contribution in [0.25, 0.3) is 21.9 Å². The molecule has 154 valence electrons. The summed E-state index contributed by atoms with van der Waals surface area (Å²) in [6.45, 7) is 4.56. The SMILES string of the molecule is CC(c1ccc(CN2CCCC2)c(F)c1)n1c(=O)[nH]c2c(N)nc3ccccc3c21. The minimum absolute atomic E-state index is 0.231. The van der Waals surface area contributed by atoms with Crippen LogP contribution >= 0.6 is 0 Å². The van der Waals surface area contributed by atoms with Crippen molar-refractivity contribution >= 4 is 27.8 Å². The van der Waals surface area contributed by atoms with Crippen LogP contribution in [0.4, 0.5) is 10.2 Å². The second-order valence-corrected chi connectivity index (χ2v) is 8.05. The van der Waals surface area contributed by atoms with Gasteiger partial charge in [0.25, 0.3) is 0 Å². The van der Waals surface area contributed by atoms with Crippen molar-refractivity contribution in [2.24, 2.45) is 0 Å². The van der Waals surface area contributed by atoms with Gasteiger partial charge >= 0.3 is 5.69 Å². The molecule has 6 nitrogen and oxygen atoms in total. The van der Waals surface area contributed by atoms with Crippen molar-refractivity contribution in [2.45, 2.75) is 32.4 Å². The number of hydrogen-bond donors (Lipinski definition) is 2. The maximum absolute atomic E-state index is 14.9. The van der Waals surface area contributed by atoms with E-state index in [9.17, 15) is 9.18 Å². The first-order chi connectivity index (χ1) is 14.5. The lowest BCUT2D eigenvalue weighted by molar-refractivity contribution is 0.325. The fourth-order valence-corrected chi connectivity index (χ4v) is 4.51. The normalized spacial score (nSPS) is 15.9. The molecular formula is C23H24FN5O. The summed E-state index contributed by atoms with van der Waals surface area (Å²) in [5, 5.41) is 0.832. The molecule has 0 spiro atoms. The summed E-state index contributed by atoms with van der Waals surface area (Å²) in [7, 11) is 0. The Labute approximate surface area is 173 Å². The molecule has 1 atom stereocenters. The minimum Gasteiger partial charge on any atom is -0.382 e. The first kappa shape index (κ1) is 18.8. The Kier molecular flexibility index (Phi) is 4.55. The highest BCUT2D eigenvalue weighted by atomic mass is 19.1. The monoisotopic (exact) mass is 405 g/mol. The number of aromatic nitrogens is 3. The highest BCUT2D eigenvalue weighted by Crippen LogP contribution is 2.30. The zero-order valence-corrected chi connectivity index (χ0v) is 16.9. The van der Waals surface area contributed by atoms with Gasteiger partial charge in [-0.15, -0.1) is 0 Å². The number of para-hydroxylation sites is 1. The number of likely N-dealkylation sites (tertiary alicyclic amines) is 1. The average molecular weight is 405 g/mol. The number of aromatic amines is 1. The molecule has 3 heterocycles. The van der Waals surface area contributed by atoms with Crippen molar-refractivity contribution in [2.75, 3.05) is 18.8 Å². The van der Waals surface area contributed by atoms with Gasteiger partial charge in [0.2, 0.25) is 0 Å². The minimum atomic E-state index is -0.369. The molecule has 1 unspecified atom stereocenters. The Morgan fingerprint density at radius 3 is 2.73 bits per heavy atom. The lowest BCUT2D eigenvalue weighted by Gasteiger charge is -2.18. The van der Waals surface area contributed by atoms with Crippen LogP contribution in [-0.2, 0) is 6.54 Å². The molecule has 7 heteroatoms. The van der Waals surface area contributed by atoms with Crippen molar-refractivity contribution in [1.29, 1.82) is 0 Å². The quantitative estimate of drug-likeness (QED) is 0.541. The number of imidazole rings is 1. The number of anilines is 1. The number of halogens is 1. The molecule has 2 aromatic carbocycles. The molecular weight excluding hydrogens is 381 g/mol. The van der Waals surface area contributed by atoms with E-state index < -0.39 is 0 Å². The smallest absolute Gasteiger partial charge is 0.327 e. The van der Waals surface area contributed by atoms with Gasteiger partial charge in [0.15, 0.2) is 0 Å². The van der Waals surface area contributed by atoms with Crippen molar-refractivity contribution < 1.29 is 4.39 Å². The van der Waals surface area contributed by atoms with Gasteiger partial charge in [-0.2, -0.15) is 0 Å². The van der Waals surface area contributed by atoms with Gasteiger partial charge in [-0.1, -0.05) is 30.3 Å². The predicted octanol–water partition coefficient (Wildman–Crippen LogP) is 3.80. The topological polar surface area (TPSA) is 79.9 Å². The summed E-state index contributed by atoms with van der Waals surface area (Å²) in [6, 6.07) is 12.5. The van der Waals surface area contributed by atoms with E-state index in [2.05, 4.69) is 14.9 Å². The first-order valence-corrected chi connectivity index (χ1v) is 10.3. The summed E-state index contributed by atoms with van der Waals surface area (Å²) >= 11 is 0. The number of nitrogens with one attached hydrogen (secondary N) is 1. The van der Waals surface area contributed by atoms with E-state index in [-0.39, 0.29) is 23.4 Å². The molecule has 1 fully saturated rings. The number of nitrogen functional groups attached to an aromatic ring is 1. The van der Waals surface area contributed by atoms with Crippen molar-refractivity contribution in [3.8, 4) is 0 Å². The number of hydrogen-bond acceptors (Lipinski definition) is 4. The Hall–Kier alpha value is -3.19. The molecule has 30 heavy (non-hydrogen) atoms. The van der Waals surface area contributed by atoms with Gasteiger partial charge < -0.3 is 10.7 Å². The van der Waals surface area contributed by atoms with Gasteiger partial charge in [-0.25, -0.2) is 14.2 Å². The van der Waals surface area contributed by atoms with Crippen LogP contribution < -0.4 is 11.4 Å². The fraction of sp³-hybridized carbons (Fsp3) is 0.304. The molecule has 0 saturated carbocycles. The largest absolute Gasteiger partial charge is 0.382 e. The van der Waals surface area contributed by atoms with Crippen LogP contribution in [0.2, 0.25) is 0 Å². The standard InChI is InChI=1S/C23H24FN5O/c1-14(15-8-9-16(18(24)12-15)13-28-10-4-5-11-28)29-21-17-6-2-3-7-19(17)26-22(25)20(21)27-23(29)30/h2-3,6-9,12,14H,4-5,10-11,13H2,1H3,(H2,25,26)(H,27,30). The zero-order valence-electron chi connectivity index (χ0n) is 16.9. The Bertz CT molecular complexity index is 1300. The Balaban J connectivity index is 1.59. The van der Waals surface area contributed by atoms with E-state index in [0.717, 1.165) is 29.6 Å². The van der Waals surface area contributed by atoms with Gasteiger partial charge in [0.1, 0.15) is 17.2 Å². The van der Waals surface area contributed by atoms with E-state index in [1.807, 2.05) is 43.3 Å². The first-order valence-electron chi connectivity index (χ1n) is 10.3.